The fourth-order valence-corrected chi connectivity index (χ4v) is 3.65. The third-order valence-electron chi connectivity index (χ3n) is 5.34. The Hall–Kier alpha value is -4.24. The predicted molar refractivity (Wildman–Crippen MR) is 140 cm³/mol. The van der Waals surface area contributed by atoms with Gasteiger partial charge < -0.3 is 14.8 Å². The molecule has 0 aliphatic heterocycles. The summed E-state index contributed by atoms with van der Waals surface area (Å²) in [7, 11) is 0. The summed E-state index contributed by atoms with van der Waals surface area (Å²) in [4.78, 5) is 29.2. The van der Waals surface area contributed by atoms with Crippen molar-refractivity contribution in [2.45, 2.75) is 32.7 Å². The summed E-state index contributed by atoms with van der Waals surface area (Å²) in [6, 6.07) is 19.9. The van der Waals surface area contributed by atoms with Gasteiger partial charge >= 0.3 is 5.97 Å². The highest BCUT2D eigenvalue weighted by atomic mass is 35.5. The number of nitrogens with one attached hydrogen (secondary N) is 1. The Bertz CT molecular complexity index is 1380. The molecule has 1 N–H and O–H groups in total. The molecule has 0 amide bonds. The Labute approximate surface area is 219 Å². The number of pyridine rings is 1. The standard InChI is InChI=1S/C27H26ClN5O4/c1-2-36-25(34)8-5-6-23-26(35)33(18-19-9-11-20(28)12-10-19)27(32-31-23)30-21-13-15-22(16-14-21)37-24-7-3-4-17-29-24/h3-4,7,9-17H,2,5-6,8,18H2,1H3,(H,30,32). The van der Waals surface area contributed by atoms with Crippen molar-refractivity contribution in [3.05, 3.63) is 99.6 Å². The van der Waals surface area contributed by atoms with Gasteiger partial charge in [0.05, 0.1) is 13.2 Å². The van der Waals surface area contributed by atoms with Gasteiger partial charge in [-0.25, -0.2) is 4.98 Å². The van der Waals surface area contributed by atoms with Crippen LogP contribution in [0, 0.1) is 0 Å². The molecule has 0 atom stereocenters. The number of halogens is 1. The summed E-state index contributed by atoms with van der Waals surface area (Å²) in [5.74, 6) is 1.09. The molecular formula is C27H26ClN5O4. The van der Waals surface area contributed by atoms with Gasteiger partial charge in [0, 0.05) is 29.4 Å². The summed E-state index contributed by atoms with van der Waals surface area (Å²) in [6.45, 7) is 2.34. The zero-order valence-electron chi connectivity index (χ0n) is 20.3. The lowest BCUT2D eigenvalue weighted by molar-refractivity contribution is -0.143. The van der Waals surface area contributed by atoms with Gasteiger partial charge in [-0.15, -0.1) is 10.2 Å². The fourth-order valence-electron chi connectivity index (χ4n) is 3.52. The van der Waals surface area contributed by atoms with Crippen molar-refractivity contribution in [2.24, 2.45) is 0 Å². The molecule has 0 saturated heterocycles. The van der Waals surface area contributed by atoms with Crippen LogP contribution in [0.1, 0.15) is 31.0 Å². The van der Waals surface area contributed by atoms with Crippen molar-refractivity contribution in [2.75, 3.05) is 11.9 Å². The Balaban J connectivity index is 1.54. The number of hydrogen-bond donors (Lipinski definition) is 1. The van der Waals surface area contributed by atoms with Crippen LogP contribution in [0.15, 0.2) is 77.7 Å². The zero-order valence-corrected chi connectivity index (χ0v) is 21.0. The van der Waals surface area contributed by atoms with E-state index in [1.165, 1.54) is 4.57 Å². The number of carbonyl (C=O) groups excluding carboxylic acids is 1. The average molecular weight is 520 g/mol. The number of rotatable bonds is 11. The van der Waals surface area contributed by atoms with Crippen LogP contribution in [-0.4, -0.2) is 32.3 Å². The van der Waals surface area contributed by atoms with Crippen LogP contribution in [0.4, 0.5) is 11.6 Å². The van der Waals surface area contributed by atoms with Crippen molar-refractivity contribution < 1.29 is 14.3 Å². The van der Waals surface area contributed by atoms with Crippen LogP contribution >= 0.6 is 11.6 Å². The van der Waals surface area contributed by atoms with E-state index in [-0.39, 0.29) is 36.1 Å². The van der Waals surface area contributed by atoms with Gasteiger partial charge in [0.2, 0.25) is 11.8 Å². The molecule has 0 radical (unpaired) electrons. The highest BCUT2D eigenvalue weighted by Crippen LogP contribution is 2.23. The summed E-state index contributed by atoms with van der Waals surface area (Å²) in [5.41, 5.74) is 1.57. The van der Waals surface area contributed by atoms with E-state index in [1.54, 1.807) is 43.5 Å². The molecule has 2 heterocycles. The number of aromatic nitrogens is 4. The molecule has 190 valence electrons. The number of hydrogen-bond acceptors (Lipinski definition) is 8. The molecule has 37 heavy (non-hydrogen) atoms. The molecule has 4 rings (SSSR count). The second kappa shape index (κ2) is 12.6. The minimum Gasteiger partial charge on any atom is -0.466 e. The first kappa shape index (κ1) is 25.8. The number of ether oxygens (including phenoxy) is 2. The SMILES string of the molecule is CCOC(=O)CCCc1nnc(Nc2ccc(Oc3ccccn3)cc2)n(Cc2ccc(Cl)cc2)c1=O. The monoisotopic (exact) mass is 519 g/mol. The number of esters is 1. The molecule has 10 heteroatoms. The lowest BCUT2D eigenvalue weighted by atomic mass is 10.2. The summed E-state index contributed by atoms with van der Waals surface area (Å²) < 4.78 is 12.2. The number of benzene rings is 2. The van der Waals surface area contributed by atoms with Gasteiger partial charge in [-0.2, -0.15) is 0 Å². The maximum absolute atomic E-state index is 13.4. The van der Waals surface area contributed by atoms with E-state index in [9.17, 15) is 9.59 Å². The number of nitrogens with zero attached hydrogens (tertiary/aromatic N) is 4. The lowest BCUT2D eigenvalue weighted by Gasteiger charge is -2.15. The van der Waals surface area contributed by atoms with E-state index < -0.39 is 0 Å². The Morgan fingerprint density at radius 1 is 1.03 bits per heavy atom. The lowest BCUT2D eigenvalue weighted by Crippen LogP contribution is -2.29. The zero-order chi connectivity index (χ0) is 26.0. The van der Waals surface area contributed by atoms with Crippen LogP contribution in [0.2, 0.25) is 5.02 Å². The molecular weight excluding hydrogens is 494 g/mol. The van der Waals surface area contributed by atoms with E-state index in [0.717, 1.165) is 5.56 Å². The highest BCUT2D eigenvalue weighted by molar-refractivity contribution is 6.30. The molecule has 0 unspecified atom stereocenters. The van der Waals surface area contributed by atoms with Gasteiger partial charge in [0.1, 0.15) is 11.4 Å². The van der Waals surface area contributed by atoms with Crippen LogP contribution in [0.3, 0.4) is 0 Å². The van der Waals surface area contributed by atoms with Crippen molar-refractivity contribution in [3.63, 3.8) is 0 Å². The van der Waals surface area contributed by atoms with Crippen molar-refractivity contribution in [1.82, 2.24) is 19.7 Å². The third kappa shape index (κ3) is 7.37. The van der Waals surface area contributed by atoms with Gasteiger partial charge in [-0.05, 0) is 67.8 Å². The van der Waals surface area contributed by atoms with Gasteiger partial charge in [0.25, 0.3) is 5.56 Å². The highest BCUT2D eigenvalue weighted by Gasteiger charge is 2.14. The topological polar surface area (TPSA) is 108 Å². The normalized spacial score (nSPS) is 10.6. The molecule has 9 nitrogen and oxygen atoms in total. The molecule has 4 aromatic rings. The number of carbonyl (C=O) groups is 1. The Morgan fingerprint density at radius 2 is 1.81 bits per heavy atom. The first-order chi connectivity index (χ1) is 18.0. The fraction of sp³-hybridized carbons (Fsp3) is 0.222. The van der Waals surface area contributed by atoms with Gasteiger partial charge in [0.15, 0.2) is 0 Å². The first-order valence-corrected chi connectivity index (χ1v) is 12.2. The summed E-state index contributed by atoms with van der Waals surface area (Å²) >= 11 is 6.02. The minimum atomic E-state index is -0.300. The van der Waals surface area contributed by atoms with Gasteiger partial charge in [-0.1, -0.05) is 29.8 Å². The van der Waals surface area contributed by atoms with E-state index in [4.69, 9.17) is 21.1 Å². The molecule has 0 aliphatic carbocycles. The van der Waals surface area contributed by atoms with E-state index in [1.807, 2.05) is 36.4 Å². The molecule has 0 saturated carbocycles. The smallest absolute Gasteiger partial charge is 0.305 e. The first-order valence-electron chi connectivity index (χ1n) is 11.8. The third-order valence-corrected chi connectivity index (χ3v) is 5.59. The number of aryl methyl sites for hydroxylation is 1. The largest absolute Gasteiger partial charge is 0.466 e. The average Bonchev–Trinajstić information content (AvgIpc) is 2.90. The predicted octanol–water partition coefficient (Wildman–Crippen LogP) is 5.16. The minimum absolute atomic E-state index is 0.207. The van der Waals surface area contributed by atoms with Crippen LogP contribution in [0.5, 0.6) is 11.6 Å². The second-order valence-corrected chi connectivity index (χ2v) is 8.50. The molecule has 0 fully saturated rings. The molecule has 0 bridgehead atoms. The number of anilines is 2. The molecule has 0 spiro atoms. The maximum atomic E-state index is 13.4. The van der Waals surface area contributed by atoms with Crippen LogP contribution < -0.4 is 15.6 Å². The Morgan fingerprint density at radius 3 is 2.51 bits per heavy atom. The van der Waals surface area contributed by atoms with Gasteiger partial charge in [-0.3, -0.25) is 14.2 Å². The van der Waals surface area contributed by atoms with Crippen molar-refractivity contribution in [3.8, 4) is 11.6 Å². The van der Waals surface area contributed by atoms with Crippen molar-refractivity contribution in [1.29, 1.82) is 0 Å². The Kier molecular flexibility index (Phi) is 8.83. The summed E-state index contributed by atoms with van der Waals surface area (Å²) in [5, 5.41) is 12.2. The van der Waals surface area contributed by atoms with E-state index >= 15 is 0 Å². The van der Waals surface area contributed by atoms with E-state index in [2.05, 4.69) is 20.5 Å². The molecule has 2 aromatic heterocycles. The second-order valence-electron chi connectivity index (χ2n) is 8.07. The van der Waals surface area contributed by atoms with Crippen LogP contribution in [-0.2, 0) is 22.5 Å². The van der Waals surface area contributed by atoms with Crippen molar-refractivity contribution >= 4 is 29.2 Å². The molecule has 0 aliphatic rings. The quantitative estimate of drug-likeness (QED) is 0.271. The summed E-state index contributed by atoms with van der Waals surface area (Å²) in [6.07, 6.45) is 2.61. The molecule has 2 aromatic carbocycles. The van der Waals surface area contributed by atoms with E-state index in [0.29, 0.717) is 41.8 Å². The van der Waals surface area contributed by atoms with Crippen LogP contribution in [0.25, 0.3) is 0 Å². The maximum Gasteiger partial charge on any atom is 0.305 e.